The van der Waals surface area contributed by atoms with Crippen molar-refractivity contribution < 1.29 is 4.74 Å². The number of ether oxygens (including phenoxy) is 1. The van der Waals surface area contributed by atoms with Crippen LogP contribution in [0.15, 0.2) is 24.3 Å². The van der Waals surface area contributed by atoms with Crippen molar-refractivity contribution in [1.29, 1.82) is 0 Å². The van der Waals surface area contributed by atoms with Crippen LogP contribution in [0.2, 0.25) is 0 Å². The van der Waals surface area contributed by atoms with Gasteiger partial charge in [-0.15, -0.1) is 0 Å². The number of hydrogen-bond acceptors (Lipinski definition) is 3. The maximum Gasteiger partial charge on any atom is 0.0594 e. The fourth-order valence-corrected chi connectivity index (χ4v) is 3.18. The summed E-state index contributed by atoms with van der Waals surface area (Å²) in [4.78, 5) is 5.16. The van der Waals surface area contributed by atoms with Gasteiger partial charge in [0.05, 0.1) is 13.2 Å². The van der Waals surface area contributed by atoms with Crippen LogP contribution in [0.5, 0.6) is 0 Å². The molecule has 2 saturated heterocycles. The molecule has 1 atom stereocenters. The molecule has 0 saturated carbocycles. The Kier molecular flexibility index (Phi) is 4.49. The predicted molar refractivity (Wildman–Crippen MR) is 76.1 cm³/mol. The summed E-state index contributed by atoms with van der Waals surface area (Å²) in [5.74, 6) is 0. The summed E-state index contributed by atoms with van der Waals surface area (Å²) in [6.07, 6.45) is 2.61. The Balaban J connectivity index is 1.54. The molecule has 2 aliphatic heterocycles. The standard InChI is InChI=1S/C16H23N2O/c1-2-5-15(6-3-1)16-7-4-8-18(16)10-9-17-11-13-19-14-12-17/h1-2,5-6,16H,4,7-14H2. The third kappa shape index (κ3) is 3.35. The Morgan fingerprint density at radius 3 is 2.89 bits per heavy atom. The highest BCUT2D eigenvalue weighted by Gasteiger charge is 2.26. The highest BCUT2D eigenvalue weighted by atomic mass is 16.5. The normalized spacial score (nSPS) is 25.8. The van der Waals surface area contributed by atoms with Gasteiger partial charge in [0.25, 0.3) is 0 Å². The van der Waals surface area contributed by atoms with Crippen LogP contribution in [0.4, 0.5) is 0 Å². The third-order valence-electron chi connectivity index (χ3n) is 4.29. The van der Waals surface area contributed by atoms with Gasteiger partial charge in [0.15, 0.2) is 0 Å². The van der Waals surface area contributed by atoms with Crippen LogP contribution in [-0.4, -0.2) is 55.7 Å². The van der Waals surface area contributed by atoms with Gasteiger partial charge in [-0.05, 0) is 37.1 Å². The number of rotatable bonds is 4. The zero-order valence-electron chi connectivity index (χ0n) is 11.6. The Morgan fingerprint density at radius 1 is 1.21 bits per heavy atom. The molecule has 103 valence electrons. The molecule has 0 bridgehead atoms. The number of likely N-dealkylation sites (tertiary alicyclic amines) is 1. The van der Waals surface area contributed by atoms with Crippen LogP contribution < -0.4 is 0 Å². The SMILES string of the molecule is [c]1cccc(C2CCCN2CCN2CCOCC2)c1. The van der Waals surface area contributed by atoms with Gasteiger partial charge in [-0.2, -0.15) is 0 Å². The van der Waals surface area contributed by atoms with Crippen LogP contribution in [-0.2, 0) is 4.74 Å². The van der Waals surface area contributed by atoms with Gasteiger partial charge in [-0.1, -0.05) is 18.2 Å². The first-order valence-corrected chi connectivity index (χ1v) is 7.43. The molecule has 2 heterocycles. The Hall–Kier alpha value is -0.900. The van der Waals surface area contributed by atoms with E-state index in [1.165, 1.54) is 38.0 Å². The van der Waals surface area contributed by atoms with Gasteiger partial charge in [0.2, 0.25) is 0 Å². The largest absolute Gasteiger partial charge is 0.379 e. The first kappa shape index (κ1) is 13.1. The quantitative estimate of drug-likeness (QED) is 0.822. The van der Waals surface area contributed by atoms with Crippen molar-refractivity contribution in [3.63, 3.8) is 0 Å². The lowest BCUT2D eigenvalue weighted by Crippen LogP contribution is -2.41. The zero-order valence-corrected chi connectivity index (χ0v) is 11.6. The fraction of sp³-hybridized carbons (Fsp3) is 0.625. The molecular formula is C16H23N2O. The maximum absolute atomic E-state index is 5.40. The molecule has 3 nitrogen and oxygen atoms in total. The molecule has 0 aliphatic carbocycles. The van der Waals surface area contributed by atoms with Gasteiger partial charge in [-0.25, -0.2) is 0 Å². The molecule has 2 fully saturated rings. The number of nitrogens with zero attached hydrogens (tertiary/aromatic N) is 2. The molecule has 3 heteroatoms. The van der Waals surface area contributed by atoms with Crippen LogP contribution in [0.3, 0.4) is 0 Å². The highest BCUT2D eigenvalue weighted by molar-refractivity contribution is 5.19. The summed E-state index contributed by atoms with van der Waals surface area (Å²) in [7, 11) is 0. The monoisotopic (exact) mass is 259 g/mol. The second kappa shape index (κ2) is 6.51. The lowest BCUT2D eigenvalue weighted by Gasteiger charge is -2.31. The minimum atomic E-state index is 0.610. The third-order valence-corrected chi connectivity index (χ3v) is 4.29. The van der Waals surface area contributed by atoms with E-state index >= 15 is 0 Å². The molecule has 1 aromatic carbocycles. The molecule has 0 spiro atoms. The topological polar surface area (TPSA) is 15.7 Å². The summed E-state index contributed by atoms with van der Waals surface area (Å²) < 4.78 is 5.40. The summed E-state index contributed by atoms with van der Waals surface area (Å²) in [5.41, 5.74) is 1.43. The average Bonchev–Trinajstić information content (AvgIpc) is 2.95. The van der Waals surface area contributed by atoms with E-state index in [0.29, 0.717) is 6.04 Å². The van der Waals surface area contributed by atoms with E-state index in [0.717, 1.165) is 26.3 Å². The molecule has 1 aromatic rings. The van der Waals surface area contributed by atoms with Crippen molar-refractivity contribution >= 4 is 0 Å². The van der Waals surface area contributed by atoms with Crippen LogP contribution in [0.1, 0.15) is 24.4 Å². The summed E-state index contributed by atoms with van der Waals surface area (Å²) in [6, 6.07) is 12.3. The second-order valence-electron chi connectivity index (χ2n) is 5.48. The molecule has 19 heavy (non-hydrogen) atoms. The summed E-state index contributed by atoms with van der Waals surface area (Å²) in [5, 5.41) is 0. The van der Waals surface area contributed by atoms with Crippen molar-refractivity contribution in [2.45, 2.75) is 18.9 Å². The van der Waals surface area contributed by atoms with Crippen molar-refractivity contribution in [3.05, 3.63) is 35.9 Å². The molecule has 0 aromatic heterocycles. The Bertz CT molecular complexity index is 376. The van der Waals surface area contributed by atoms with Crippen LogP contribution >= 0.6 is 0 Å². The van der Waals surface area contributed by atoms with Crippen molar-refractivity contribution in [2.24, 2.45) is 0 Å². The van der Waals surface area contributed by atoms with Crippen LogP contribution in [0, 0.1) is 6.07 Å². The smallest absolute Gasteiger partial charge is 0.0594 e. The Labute approximate surface area is 116 Å². The van der Waals surface area contributed by atoms with Gasteiger partial charge in [-0.3, -0.25) is 9.80 Å². The first-order chi connectivity index (χ1) is 9.43. The van der Waals surface area contributed by atoms with Crippen molar-refractivity contribution in [2.75, 3.05) is 45.9 Å². The van der Waals surface area contributed by atoms with E-state index in [2.05, 4.69) is 34.1 Å². The zero-order chi connectivity index (χ0) is 12.9. The van der Waals surface area contributed by atoms with Crippen molar-refractivity contribution in [1.82, 2.24) is 9.80 Å². The molecule has 0 amide bonds. The van der Waals surface area contributed by atoms with E-state index in [-0.39, 0.29) is 0 Å². The lowest BCUT2D eigenvalue weighted by atomic mass is 10.0. The number of hydrogen-bond donors (Lipinski definition) is 0. The summed E-state index contributed by atoms with van der Waals surface area (Å²) in [6.45, 7) is 7.59. The molecule has 2 aliphatic rings. The van der Waals surface area contributed by atoms with E-state index in [9.17, 15) is 0 Å². The molecule has 1 radical (unpaired) electrons. The van der Waals surface area contributed by atoms with E-state index in [1.807, 2.05) is 6.07 Å². The maximum atomic E-state index is 5.40. The van der Waals surface area contributed by atoms with E-state index < -0.39 is 0 Å². The number of benzene rings is 1. The van der Waals surface area contributed by atoms with Crippen molar-refractivity contribution in [3.8, 4) is 0 Å². The minimum absolute atomic E-state index is 0.610. The second-order valence-corrected chi connectivity index (χ2v) is 5.48. The van der Waals surface area contributed by atoms with Gasteiger partial charge < -0.3 is 4.74 Å². The molecule has 0 N–H and O–H groups in total. The minimum Gasteiger partial charge on any atom is -0.379 e. The Morgan fingerprint density at radius 2 is 2.11 bits per heavy atom. The van der Waals surface area contributed by atoms with Gasteiger partial charge in [0, 0.05) is 32.2 Å². The van der Waals surface area contributed by atoms with Gasteiger partial charge in [0.1, 0.15) is 0 Å². The lowest BCUT2D eigenvalue weighted by molar-refractivity contribution is 0.0327. The highest BCUT2D eigenvalue weighted by Crippen LogP contribution is 2.31. The molecule has 1 unspecified atom stereocenters. The molecule has 3 rings (SSSR count). The van der Waals surface area contributed by atoms with E-state index in [1.54, 1.807) is 0 Å². The number of morpholine rings is 1. The van der Waals surface area contributed by atoms with Crippen LogP contribution in [0.25, 0.3) is 0 Å². The first-order valence-electron chi connectivity index (χ1n) is 7.43. The summed E-state index contributed by atoms with van der Waals surface area (Å²) >= 11 is 0. The molecular weight excluding hydrogens is 236 g/mol. The average molecular weight is 259 g/mol. The van der Waals surface area contributed by atoms with Gasteiger partial charge >= 0.3 is 0 Å². The van der Waals surface area contributed by atoms with E-state index in [4.69, 9.17) is 4.74 Å². The fourth-order valence-electron chi connectivity index (χ4n) is 3.18. The predicted octanol–water partition coefficient (Wildman–Crippen LogP) is 1.96.